The Morgan fingerprint density at radius 1 is 1.19 bits per heavy atom. The summed E-state index contributed by atoms with van der Waals surface area (Å²) >= 11 is 0. The molecule has 0 bridgehead atoms. The van der Waals surface area contributed by atoms with Crippen LogP contribution in [0.1, 0.15) is 19.4 Å². The van der Waals surface area contributed by atoms with Gasteiger partial charge in [0.2, 0.25) is 0 Å². The highest BCUT2D eigenvalue weighted by molar-refractivity contribution is 6.15. The van der Waals surface area contributed by atoms with Gasteiger partial charge in [-0.15, -0.1) is 0 Å². The molecule has 1 heterocycles. The summed E-state index contributed by atoms with van der Waals surface area (Å²) in [5, 5.41) is 11.9. The first kappa shape index (κ1) is 15.1. The molecule has 1 fully saturated rings. The standard InChI is InChI=1S/C15H17NO5/c1-15(2)20-13(18)11(14(19)21-15)9-16-12-6-4-3-5-10(12)7-8-17/h3-6,9,16-17H,7-8H2,1-2H3. The van der Waals surface area contributed by atoms with Crippen LogP contribution in [0.15, 0.2) is 36.0 Å². The van der Waals surface area contributed by atoms with E-state index in [1.54, 1.807) is 6.07 Å². The Hall–Kier alpha value is -2.34. The number of nitrogens with one attached hydrogen (secondary N) is 1. The summed E-state index contributed by atoms with van der Waals surface area (Å²) in [6.07, 6.45) is 1.73. The first-order valence-electron chi connectivity index (χ1n) is 6.55. The van der Waals surface area contributed by atoms with Crippen molar-refractivity contribution in [1.29, 1.82) is 0 Å². The van der Waals surface area contributed by atoms with Crippen LogP contribution in [0.25, 0.3) is 0 Å². The molecule has 6 heteroatoms. The summed E-state index contributed by atoms with van der Waals surface area (Å²) in [6.45, 7) is 2.99. The molecule has 0 atom stereocenters. The molecule has 0 unspecified atom stereocenters. The first-order chi connectivity index (χ1) is 9.93. The minimum Gasteiger partial charge on any atom is -0.419 e. The van der Waals surface area contributed by atoms with Gasteiger partial charge < -0.3 is 19.9 Å². The Bertz CT molecular complexity index is 569. The average molecular weight is 291 g/mol. The van der Waals surface area contributed by atoms with E-state index in [2.05, 4.69) is 5.32 Å². The minimum absolute atomic E-state index is 0.00748. The van der Waals surface area contributed by atoms with Crippen LogP contribution < -0.4 is 5.32 Å². The number of para-hydroxylation sites is 1. The maximum atomic E-state index is 11.8. The second kappa shape index (κ2) is 5.97. The molecule has 21 heavy (non-hydrogen) atoms. The molecule has 1 aromatic rings. The summed E-state index contributed by atoms with van der Waals surface area (Å²) in [5.41, 5.74) is 1.37. The zero-order chi connectivity index (χ0) is 15.5. The number of carbonyl (C=O) groups is 2. The quantitative estimate of drug-likeness (QED) is 0.495. The number of anilines is 1. The van der Waals surface area contributed by atoms with Crippen molar-refractivity contribution in [2.24, 2.45) is 0 Å². The Balaban J connectivity index is 2.18. The van der Waals surface area contributed by atoms with Crippen LogP contribution in [-0.4, -0.2) is 29.4 Å². The van der Waals surface area contributed by atoms with E-state index in [1.807, 2.05) is 18.2 Å². The molecule has 1 saturated heterocycles. The van der Waals surface area contributed by atoms with Crippen molar-refractivity contribution in [2.75, 3.05) is 11.9 Å². The van der Waals surface area contributed by atoms with E-state index in [1.165, 1.54) is 20.0 Å². The van der Waals surface area contributed by atoms with Crippen molar-refractivity contribution >= 4 is 17.6 Å². The maximum Gasteiger partial charge on any atom is 0.350 e. The van der Waals surface area contributed by atoms with Crippen LogP contribution in [0.2, 0.25) is 0 Å². The summed E-state index contributed by atoms with van der Waals surface area (Å²) in [5.74, 6) is -2.72. The number of benzene rings is 1. The third-order valence-electron chi connectivity index (χ3n) is 2.89. The molecule has 0 radical (unpaired) electrons. The average Bonchev–Trinajstić information content (AvgIpc) is 2.38. The van der Waals surface area contributed by atoms with Crippen LogP contribution in [-0.2, 0) is 25.5 Å². The van der Waals surface area contributed by atoms with Crippen molar-refractivity contribution in [2.45, 2.75) is 26.1 Å². The van der Waals surface area contributed by atoms with Gasteiger partial charge in [0, 0.05) is 32.3 Å². The second-order valence-electron chi connectivity index (χ2n) is 5.01. The maximum absolute atomic E-state index is 11.8. The number of rotatable bonds is 4. The highest BCUT2D eigenvalue weighted by Crippen LogP contribution is 2.23. The lowest BCUT2D eigenvalue weighted by Crippen LogP contribution is -2.42. The van der Waals surface area contributed by atoms with E-state index >= 15 is 0 Å². The fraction of sp³-hybridized carbons (Fsp3) is 0.333. The lowest BCUT2D eigenvalue weighted by Gasteiger charge is -2.29. The van der Waals surface area contributed by atoms with E-state index < -0.39 is 17.7 Å². The largest absolute Gasteiger partial charge is 0.419 e. The molecular weight excluding hydrogens is 274 g/mol. The fourth-order valence-electron chi connectivity index (χ4n) is 1.93. The fourth-order valence-corrected chi connectivity index (χ4v) is 1.93. The number of aliphatic hydroxyl groups excluding tert-OH is 1. The SMILES string of the molecule is CC1(C)OC(=O)C(=CNc2ccccc2CCO)C(=O)O1. The molecule has 1 aliphatic heterocycles. The van der Waals surface area contributed by atoms with Gasteiger partial charge in [0.25, 0.3) is 5.79 Å². The Kier molecular flexibility index (Phi) is 4.28. The number of cyclic esters (lactones) is 2. The van der Waals surface area contributed by atoms with Gasteiger partial charge in [0.1, 0.15) is 0 Å². The third-order valence-corrected chi connectivity index (χ3v) is 2.89. The smallest absolute Gasteiger partial charge is 0.350 e. The highest BCUT2D eigenvalue weighted by atomic mass is 16.7. The summed E-state index contributed by atoms with van der Waals surface area (Å²) in [4.78, 5) is 23.6. The van der Waals surface area contributed by atoms with Gasteiger partial charge in [0.15, 0.2) is 5.57 Å². The van der Waals surface area contributed by atoms with Gasteiger partial charge >= 0.3 is 11.9 Å². The Morgan fingerprint density at radius 2 is 1.81 bits per heavy atom. The molecule has 1 aromatic carbocycles. The second-order valence-corrected chi connectivity index (χ2v) is 5.01. The van der Waals surface area contributed by atoms with E-state index in [0.29, 0.717) is 12.1 Å². The molecule has 0 amide bonds. The molecule has 2 rings (SSSR count). The van der Waals surface area contributed by atoms with Crippen molar-refractivity contribution in [3.05, 3.63) is 41.6 Å². The highest BCUT2D eigenvalue weighted by Gasteiger charge is 2.38. The molecule has 0 aromatic heterocycles. The summed E-state index contributed by atoms with van der Waals surface area (Å²) < 4.78 is 9.99. The number of carbonyl (C=O) groups excluding carboxylic acids is 2. The number of aliphatic hydroxyl groups is 1. The summed E-state index contributed by atoms with van der Waals surface area (Å²) in [7, 11) is 0. The molecule has 0 aliphatic carbocycles. The van der Waals surface area contributed by atoms with E-state index in [9.17, 15) is 9.59 Å². The van der Waals surface area contributed by atoms with Crippen LogP contribution >= 0.6 is 0 Å². The molecule has 1 aliphatic rings. The molecule has 112 valence electrons. The van der Waals surface area contributed by atoms with E-state index in [-0.39, 0.29) is 12.2 Å². The minimum atomic E-state index is -1.25. The first-order valence-corrected chi connectivity index (χ1v) is 6.55. The summed E-state index contributed by atoms with van der Waals surface area (Å²) in [6, 6.07) is 7.28. The molecular formula is C15H17NO5. The van der Waals surface area contributed by atoms with Crippen molar-refractivity contribution < 1.29 is 24.2 Å². The predicted octanol–water partition coefficient (Wildman–Crippen LogP) is 1.35. The van der Waals surface area contributed by atoms with Gasteiger partial charge in [-0.1, -0.05) is 18.2 Å². The van der Waals surface area contributed by atoms with Crippen LogP contribution in [0.3, 0.4) is 0 Å². The predicted molar refractivity (Wildman–Crippen MR) is 75.2 cm³/mol. The van der Waals surface area contributed by atoms with Crippen LogP contribution in [0, 0.1) is 0 Å². The molecule has 2 N–H and O–H groups in total. The Morgan fingerprint density at radius 3 is 2.43 bits per heavy atom. The monoisotopic (exact) mass is 291 g/mol. The van der Waals surface area contributed by atoms with Crippen molar-refractivity contribution in [3.63, 3.8) is 0 Å². The van der Waals surface area contributed by atoms with Crippen molar-refractivity contribution in [1.82, 2.24) is 0 Å². The number of ether oxygens (including phenoxy) is 2. The van der Waals surface area contributed by atoms with Gasteiger partial charge in [-0.05, 0) is 18.1 Å². The molecule has 6 nitrogen and oxygen atoms in total. The van der Waals surface area contributed by atoms with E-state index in [4.69, 9.17) is 14.6 Å². The number of esters is 2. The van der Waals surface area contributed by atoms with Crippen molar-refractivity contribution in [3.8, 4) is 0 Å². The lowest BCUT2D eigenvalue weighted by molar-refractivity contribution is -0.222. The topological polar surface area (TPSA) is 84.9 Å². The van der Waals surface area contributed by atoms with Crippen LogP contribution in [0.4, 0.5) is 5.69 Å². The lowest BCUT2D eigenvalue weighted by atomic mass is 10.1. The molecule has 0 saturated carbocycles. The zero-order valence-electron chi connectivity index (χ0n) is 11.9. The van der Waals surface area contributed by atoms with Gasteiger partial charge in [-0.3, -0.25) is 0 Å². The molecule has 0 spiro atoms. The number of hydrogen-bond donors (Lipinski definition) is 2. The van der Waals surface area contributed by atoms with Crippen LogP contribution in [0.5, 0.6) is 0 Å². The number of hydrogen-bond acceptors (Lipinski definition) is 6. The van der Waals surface area contributed by atoms with Gasteiger partial charge in [0.05, 0.1) is 0 Å². The normalized spacial score (nSPS) is 17.0. The van der Waals surface area contributed by atoms with Gasteiger partial charge in [-0.2, -0.15) is 0 Å². The Labute approximate surface area is 122 Å². The van der Waals surface area contributed by atoms with E-state index in [0.717, 1.165) is 5.56 Å². The third kappa shape index (κ3) is 3.61. The van der Waals surface area contributed by atoms with Gasteiger partial charge in [-0.25, -0.2) is 9.59 Å². The zero-order valence-corrected chi connectivity index (χ0v) is 11.9.